The molecule has 8 heteroatoms. The topological polar surface area (TPSA) is 114 Å². The highest BCUT2D eigenvalue weighted by Crippen LogP contribution is 2.39. The van der Waals surface area contributed by atoms with E-state index in [1.807, 2.05) is 36.4 Å². The van der Waals surface area contributed by atoms with Gasteiger partial charge in [0.2, 0.25) is 5.91 Å². The zero-order chi connectivity index (χ0) is 27.3. The molecule has 0 unspecified atom stereocenters. The van der Waals surface area contributed by atoms with E-state index in [2.05, 4.69) is 10.6 Å². The largest absolute Gasteiger partial charge is 0.505 e. The number of nitrogens with one attached hydrogen (secondary N) is 2. The van der Waals surface area contributed by atoms with Crippen LogP contribution in [0.1, 0.15) is 25.5 Å². The van der Waals surface area contributed by atoms with Crippen molar-refractivity contribution in [2.75, 3.05) is 16.4 Å². The number of nitrogens with two attached hydrogens (primary N) is 1. The van der Waals surface area contributed by atoms with E-state index >= 15 is 0 Å². The van der Waals surface area contributed by atoms with E-state index in [1.165, 1.54) is 18.2 Å². The maximum absolute atomic E-state index is 14.3. The van der Waals surface area contributed by atoms with E-state index in [-0.39, 0.29) is 0 Å². The molecule has 0 saturated heterocycles. The van der Waals surface area contributed by atoms with Gasteiger partial charge >= 0.3 is 6.09 Å². The van der Waals surface area contributed by atoms with Gasteiger partial charge in [0.25, 0.3) is 0 Å². The lowest BCUT2D eigenvalue weighted by molar-refractivity contribution is -0.112. The highest BCUT2D eigenvalue weighted by molar-refractivity contribution is 6.01. The SMILES string of the molecule is CC(C)(/C=C/C(=O)Nc1ccccc1N)[C@@H](OC(=O)Nc1cccc2ccccc12)c1ccc(O)c(F)c1. The second-order valence-corrected chi connectivity index (χ2v) is 9.38. The minimum Gasteiger partial charge on any atom is -0.505 e. The monoisotopic (exact) mass is 513 g/mol. The molecule has 4 aromatic rings. The van der Waals surface area contributed by atoms with Crippen LogP contribution in [0, 0.1) is 11.2 Å². The Hall–Kier alpha value is -4.85. The smallest absolute Gasteiger partial charge is 0.412 e. The van der Waals surface area contributed by atoms with Gasteiger partial charge in [-0.25, -0.2) is 9.18 Å². The van der Waals surface area contributed by atoms with Gasteiger partial charge < -0.3 is 20.9 Å². The molecule has 0 bridgehead atoms. The third kappa shape index (κ3) is 6.10. The number of hydrogen-bond donors (Lipinski definition) is 4. The Kier molecular flexibility index (Phi) is 7.62. The van der Waals surface area contributed by atoms with Gasteiger partial charge in [-0.3, -0.25) is 10.1 Å². The summed E-state index contributed by atoms with van der Waals surface area (Å²) in [5, 5.41) is 16.9. The number of carbonyl (C=O) groups is 2. The second kappa shape index (κ2) is 11.0. The summed E-state index contributed by atoms with van der Waals surface area (Å²) in [6.07, 6.45) is 1.10. The van der Waals surface area contributed by atoms with Gasteiger partial charge in [0.05, 0.1) is 17.1 Å². The first-order valence-electron chi connectivity index (χ1n) is 11.9. The minimum absolute atomic E-state index is 0.302. The molecule has 38 heavy (non-hydrogen) atoms. The van der Waals surface area contributed by atoms with Crippen molar-refractivity contribution in [3.05, 3.63) is 108 Å². The van der Waals surface area contributed by atoms with Gasteiger partial charge in [-0.05, 0) is 47.4 Å². The molecule has 0 aliphatic heterocycles. The van der Waals surface area contributed by atoms with Gasteiger partial charge in [0, 0.05) is 10.8 Å². The third-order valence-electron chi connectivity index (χ3n) is 6.08. The summed E-state index contributed by atoms with van der Waals surface area (Å²) in [4.78, 5) is 25.7. The molecule has 0 saturated carbocycles. The van der Waals surface area contributed by atoms with Crippen molar-refractivity contribution >= 4 is 39.8 Å². The number of aromatic hydroxyl groups is 1. The lowest BCUT2D eigenvalue weighted by Gasteiger charge is -2.32. The van der Waals surface area contributed by atoms with Gasteiger partial charge in [-0.15, -0.1) is 0 Å². The van der Waals surface area contributed by atoms with Crippen LogP contribution in [0.15, 0.2) is 97.1 Å². The lowest BCUT2D eigenvalue weighted by Crippen LogP contribution is -2.28. The number of halogens is 1. The molecule has 0 aliphatic rings. The minimum atomic E-state index is -1.02. The fourth-order valence-electron chi connectivity index (χ4n) is 4.08. The van der Waals surface area contributed by atoms with Crippen molar-refractivity contribution < 1.29 is 23.8 Å². The molecule has 0 radical (unpaired) electrons. The predicted octanol–water partition coefficient (Wildman–Crippen LogP) is 6.78. The van der Waals surface area contributed by atoms with Crippen LogP contribution in [0.4, 0.5) is 26.2 Å². The van der Waals surface area contributed by atoms with Crippen LogP contribution in [0.2, 0.25) is 0 Å². The van der Waals surface area contributed by atoms with Crippen molar-refractivity contribution in [3.63, 3.8) is 0 Å². The Balaban J connectivity index is 1.59. The number of ether oxygens (including phenoxy) is 1. The maximum atomic E-state index is 14.3. The zero-order valence-electron chi connectivity index (χ0n) is 20.9. The number of benzene rings is 4. The number of fused-ring (bicyclic) bond motifs is 1. The van der Waals surface area contributed by atoms with Crippen molar-refractivity contribution in [2.45, 2.75) is 20.0 Å². The van der Waals surface area contributed by atoms with Crippen molar-refractivity contribution in [1.29, 1.82) is 0 Å². The van der Waals surface area contributed by atoms with Gasteiger partial charge in [0.15, 0.2) is 11.6 Å². The first kappa shape index (κ1) is 26.2. The molecule has 0 heterocycles. The summed E-state index contributed by atoms with van der Waals surface area (Å²) in [5.41, 5.74) is 6.65. The quantitative estimate of drug-likeness (QED) is 0.161. The molecule has 7 nitrogen and oxygen atoms in total. The Bertz CT molecular complexity index is 1510. The Morgan fingerprint density at radius 2 is 1.63 bits per heavy atom. The molecule has 1 atom stereocenters. The molecule has 0 aromatic heterocycles. The molecule has 2 amide bonds. The molecule has 0 aliphatic carbocycles. The Labute approximate surface area is 219 Å². The maximum Gasteiger partial charge on any atom is 0.412 e. The predicted molar refractivity (Wildman–Crippen MR) is 147 cm³/mol. The summed E-state index contributed by atoms with van der Waals surface area (Å²) < 4.78 is 20.1. The van der Waals surface area contributed by atoms with E-state index in [0.29, 0.717) is 22.6 Å². The van der Waals surface area contributed by atoms with Crippen molar-refractivity contribution in [2.24, 2.45) is 5.41 Å². The molecule has 5 N–H and O–H groups in total. The number of anilines is 3. The number of carbonyl (C=O) groups excluding carboxylic acids is 2. The van der Waals surface area contributed by atoms with Crippen LogP contribution < -0.4 is 16.4 Å². The summed E-state index contributed by atoms with van der Waals surface area (Å²) in [5.74, 6) is -1.82. The first-order chi connectivity index (χ1) is 18.1. The number of nitrogen functional groups attached to an aromatic ring is 1. The fraction of sp³-hybridized carbons (Fsp3) is 0.133. The van der Waals surface area contributed by atoms with E-state index in [4.69, 9.17) is 10.5 Å². The summed E-state index contributed by atoms with van der Waals surface area (Å²) >= 11 is 0. The van der Waals surface area contributed by atoms with Crippen LogP contribution in [0.3, 0.4) is 0 Å². The van der Waals surface area contributed by atoms with Crippen LogP contribution >= 0.6 is 0 Å². The summed E-state index contributed by atoms with van der Waals surface area (Å²) in [6, 6.07) is 23.7. The number of para-hydroxylation sites is 2. The number of phenolic OH excluding ortho intramolecular Hbond substituents is 1. The van der Waals surface area contributed by atoms with Crippen molar-refractivity contribution in [3.8, 4) is 5.75 Å². The molecular formula is C30H28FN3O4. The zero-order valence-corrected chi connectivity index (χ0v) is 20.9. The molecule has 0 spiro atoms. The van der Waals surface area contributed by atoms with E-state index in [1.54, 1.807) is 50.3 Å². The Morgan fingerprint density at radius 1 is 0.947 bits per heavy atom. The van der Waals surface area contributed by atoms with E-state index < -0.39 is 35.1 Å². The fourth-order valence-corrected chi connectivity index (χ4v) is 4.08. The average molecular weight is 514 g/mol. The van der Waals surface area contributed by atoms with E-state index in [9.17, 15) is 19.1 Å². The molecule has 4 rings (SSSR count). The van der Waals surface area contributed by atoms with E-state index in [0.717, 1.165) is 16.8 Å². The molecule has 4 aromatic carbocycles. The highest BCUT2D eigenvalue weighted by Gasteiger charge is 2.33. The molecule has 194 valence electrons. The van der Waals surface area contributed by atoms with Gasteiger partial charge in [-0.2, -0.15) is 0 Å². The lowest BCUT2D eigenvalue weighted by atomic mass is 9.82. The molecular weight excluding hydrogens is 485 g/mol. The third-order valence-corrected chi connectivity index (χ3v) is 6.08. The number of phenols is 1. The molecule has 0 fully saturated rings. The van der Waals surface area contributed by atoms with Crippen LogP contribution in [0.25, 0.3) is 10.8 Å². The van der Waals surface area contributed by atoms with Crippen LogP contribution in [0.5, 0.6) is 5.75 Å². The second-order valence-electron chi connectivity index (χ2n) is 9.38. The van der Waals surface area contributed by atoms with Gasteiger partial charge in [-0.1, -0.05) is 74.5 Å². The summed E-state index contributed by atoms with van der Waals surface area (Å²) in [6.45, 7) is 3.49. The van der Waals surface area contributed by atoms with Crippen LogP contribution in [-0.2, 0) is 9.53 Å². The standard InChI is InChI=1S/C30H28FN3O4/c1-30(2,17-16-27(36)33-25-12-6-5-11-23(25)32)28(20-14-15-26(35)22(31)18-20)38-29(37)34-24-13-7-9-19-8-3-4-10-21(19)24/h3-18,28,35H,32H2,1-2H3,(H,33,36)(H,34,37)/b17-16+/t28-/m0/s1. The number of rotatable bonds is 7. The van der Waals surface area contributed by atoms with Crippen LogP contribution in [-0.4, -0.2) is 17.1 Å². The number of hydrogen-bond acceptors (Lipinski definition) is 5. The highest BCUT2D eigenvalue weighted by atomic mass is 19.1. The Morgan fingerprint density at radius 3 is 2.39 bits per heavy atom. The van der Waals surface area contributed by atoms with Gasteiger partial charge in [0.1, 0.15) is 6.10 Å². The average Bonchev–Trinajstić information content (AvgIpc) is 2.89. The first-order valence-corrected chi connectivity index (χ1v) is 11.9. The normalized spacial score (nSPS) is 12.3. The summed E-state index contributed by atoms with van der Waals surface area (Å²) in [7, 11) is 0. The number of amides is 2. The van der Waals surface area contributed by atoms with Crippen molar-refractivity contribution in [1.82, 2.24) is 0 Å².